The minimum atomic E-state index is -1.19. The largest absolute Gasteiger partial charge is 0.475 e. The molecule has 0 aromatic heterocycles. The van der Waals surface area contributed by atoms with E-state index in [9.17, 15) is 4.79 Å². The van der Waals surface area contributed by atoms with Crippen LogP contribution in [0.5, 0.6) is 0 Å². The summed E-state index contributed by atoms with van der Waals surface area (Å²) in [6, 6.07) is 16.5. The van der Waals surface area contributed by atoms with Crippen LogP contribution in [0.2, 0.25) is 0 Å². The number of carboxylic acids is 1. The molecule has 1 aliphatic rings. The van der Waals surface area contributed by atoms with Crippen LogP contribution in [0.1, 0.15) is 5.56 Å². The summed E-state index contributed by atoms with van der Waals surface area (Å²) in [5.41, 5.74) is 10.1. The number of nitrogens with two attached hydrogens (primary N) is 1. The van der Waals surface area contributed by atoms with Gasteiger partial charge in [-0.15, -0.1) is 0 Å². The Labute approximate surface area is 153 Å². The predicted molar refractivity (Wildman–Crippen MR) is 105 cm³/mol. The van der Waals surface area contributed by atoms with Crippen LogP contribution in [0.25, 0.3) is 11.1 Å². The first-order valence-electron chi connectivity index (χ1n) is 8.63. The average molecular weight is 352 g/mol. The molecule has 0 amide bonds. The number of rotatable bonds is 3. The molecule has 1 unspecified atom stereocenters. The monoisotopic (exact) mass is 352 g/mol. The molecule has 0 spiro atoms. The maximum Gasteiger partial charge on any atom is 0.371 e. The Hall–Kier alpha value is -2.86. The Morgan fingerprint density at radius 1 is 1.19 bits per heavy atom. The van der Waals surface area contributed by atoms with Crippen molar-refractivity contribution >= 4 is 17.5 Å². The van der Waals surface area contributed by atoms with Gasteiger partial charge in [-0.1, -0.05) is 42.0 Å². The highest BCUT2D eigenvalue weighted by molar-refractivity contribution is 6.33. The van der Waals surface area contributed by atoms with E-state index < -0.39 is 5.97 Å². The van der Waals surface area contributed by atoms with Gasteiger partial charge in [0.2, 0.25) is 5.84 Å². The Morgan fingerprint density at radius 3 is 2.62 bits per heavy atom. The number of aliphatic imine (C=N–C) groups is 1. The SMILES string of the molecule is Cc1ccc(N2CCN(C)CC2/N=C(\N)C(=O)O)c(-c2ccccc2)c1. The molecular weight excluding hydrogens is 328 g/mol. The molecule has 0 aliphatic carbocycles. The number of aliphatic carboxylic acids is 1. The fourth-order valence-corrected chi connectivity index (χ4v) is 3.25. The highest BCUT2D eigenvalue weighted by atomic mass is 16.4. The fourth-order valence-electron chi connectivity index (χ4n) is 3.25. The Balaban J connectivity index is 2.06. The first-order chi connectivity index (χ1) is 12.5. The van der Waals surface area contributed by atoms with Crippen LogP contribution < -0.4 is 10.6 Å². The van der Waals surface area contributed by atoms with Gasteiger partial charge in [0.1, 0.15) is 6.17 Å². The van der Waals surface area contributed by atoms with Crippen LogP contribution in [0.15, 0.2) is 53.5 Å². The molecule has 0 radical (unpaired) electrons. The van der Waals surface area contributed by atoms with Crippen LogP contribution in [-0.2, 0) is 4.79 Å². The van der Waals surface area contributed by atoms with E-state index in [2.05, 4.69) is 52.0 Å². The second-order valence-electron chi connectivity index (χ2n) is 6.64. The van der Waals surface area contributed by atoms with Crippen molar-refractivity contribution in [3.05, 3.63) is 54.1 Å². The number of carboxylic acid groups (broad SMARTS) is 1. The molecule has 26 heavy (non-hydrogen) atoms. The van der Waals surface area contributed by atoms with E-state index >= 15 is 0 Å². The molecule has 1 aliphatic heterocycles. The van der Waals surface area contributed by atoms with E-state index in [0.717, 1.165) is 29.9 Å². The molecule has 1 heterocycles. The lowest BCUT2D eigenvalue weighted by Crippen LogP contribution is -2.52. The van der Waals surface area contributed by atoms with E-state index in [0.29, 0.717) is 6.54 Å². The number of carbonyl (C=O) groups is 1. The molecule has 0 bridgehead atoms. The van der Waals surface area contributed by atoms with Crippen LogP contribution in [0, 0.1) is 6.92 Å². The van der Waals surface area contributed by atoms with E-state index in [1.54, 1.807) is 0 Å². The number of piperazine rings is 1. The van der Waals surface area contributed by atoms with Gasteiger partial charge in [0, 0.05) is 30.9 Å². The second-order valence-corrected chi connectivity index (χ2v) is 6.64. The van der Waals surface area contributed by atoms with Gasteiger partial charge in [-0.05, 0) is 31.7 Å². The maximum absolute atomic E-state index is 11.1. The van der Waals surface area contributed by atoms with Crippen molar-refractivity contribution in [1.29, 1.82) is 0 Å². The van der Waals surface area contributed by atoms with Crippen LogP contribution in [-0.4, -0.2) is 54.7 Å². The van der Waals surface area contributed by atoms with Gasteiger partial charge in [0.25, 0.3) is 0 Å². The highest BCUT2D eigenvalue weighted by Crippen LogP contribution is 2.34. The molecule has 6 heteroatoms. The smallest absolute Gasteiger partial charge is 0.371 e. The lowest BCUT2D eigenvalue weighted by Gasteiger charge is -2.40. The third-order valence-electron chi connectivity index (χ3n) is 4.61. The first-order valence-corrected chi connectivity index (χ1v) is 8.63. The number of benzene rings is 2. The van der Waals surface area contributed by atoms with Gasteiger partial charge in [-0.3, -0.25) is 0 Å². The van der Waals surface area contributed by atoms with E-state index in [4.69, 9.17) is 10.8 Å². The van der Waals surface area contributed by atoms with E-state index in [-0.39, 0.29) is 12.0 Å². The number of hydrogen-bond acceptors (Lipinski definition) is 4. The third kappa shape index (κ3) is 3.86. The lowest BCUT2D eigenvalue weighted by molar-refractivity contribution is -0.129. The van der Waals surface area contributed by atoms with Crippen molar-refractivity contribution in [2.75, 3.05) is 31.6 Å². The summed E-state index contributed by atoms with van der Waals surface area (Å²) in [6.07, 6.45) is -0.338. The summed E-state index contributed by atoms with van der Waals surface area (Å²) in [6.45, 7) is 4.32. The summed E-state index contributed by atoms with van der Waals surface area (Å²) in [5, 5.41) is 9.12. The van der Waals surface area contributed by atoms with Crippen LogP contribution >= 0.6 is 0 Å². The van der Waals surface area contributed by atoms with Gasteiger partial charge in [-0.25, -0.2) is 9.79 Å². The summed E-state index contributed by atoms with van der Waals surface area (Å²) < 4.78 is 0. The standard InChI is InChI=1S/C20H24N4O2/c1-14-8-9-17(16(12-14)15-6-4-3-5-7-15)24-11-10-23(2)13-18(24)22-19(21)20(25)26/h3-9,12,18H,10-11,13H2,1-2H3,(H2,21,22)(H,25,26). The molecule has 1 saturated heterocycles. The van der Waals surface area contributed by atoms with Crippen molar-refractivity contribution < 1.29 is 9.90 Å². The van der Waals surface area contributed by atoms with Crippen molar-refractivity contribution in [3.63, 3.8) is 0 Å². The first kappa shape index (κ1) is 17.9. The van der Waals surface area contributed by atoms with E-state index in [1.807, 2.05) is 25.2 Å². The molecule has 6 nitrogen and oxygen atoms in total. The molecule has 2 aromatic rings. The molecule has 2 aromatic carbocycles. The number of likely N-dealkylation sites (N-methyl/N-ethyl adjacent to an activating group) is 1. The zero-order valence-corrected chi connectivity index (χ0v) is 15.1. The topological polar surface area (TPSA) is 82.2 Å². The second kappa shape index (κ2) is 7.58. The molecule has 3 rings (SSSR count). The Morgan fingerprint density at radius 2 is 1.92 bits per heavy atom. The molecular formula is C20H24N4O2. The predicted octanol–water partition coefficient (Wildman–Crippen LogP) is 2.18. The molecule has 3 N–H and O–H groups in total. The minimum absolute atomic E-state index is 0.338. The summed E-state index contributed by atoms with van der Waals surface area (Å²) in [7, 11) is 2.00. The van der Waals surface area contributed by atoms with Crippen molar-refractivity contribution in [2.24, 2.45) is 10.7 Å². The highest BCUT2D eigenvalue weighted by Gasteiger charge is 2.27. The molecule has 136 valence electrons. The van der Waals surface area contributed by atoms with Gasteiger partial charge in [-0.2, -0.15) is 0 Å². The normalized spacial score (nSPS) is 18.8. The lowest BCUT2D eigenvalue weighted by atomic mass is 10.00. The van der Waals surface area contributed by atoms with Crippen LogP contribution in [0.3, 0.4) is 0 Å². The van der Waals surface area contributed by atoms with Gasteiger partial charge < -0.3 is 20.6 Å². The number of amidine groups is 1. The Bertz CT molecular complexity index is 820. The minimum Gasteiger partial charge on any atom is -0.475 e. The summed E-state index contributed by atoms with van der Waals surface area (Å²) >= 11 is 0. The number of hydrogen-bond donors (Lipinski definition) is 2. The summed E-state index contributed by atoms with van der Waals surface area (Å²) in [5.74, 6) is -1.55. The van der Waals surface area contributed by atoms with E-state index in [1.165, 1.54) is 5.56 Å². The quantitative estimate of drug-likeness (QED) is 0.654. The van der Waals surface area contributed by atoms with Crippen LogP contribution in [0.4, 0.5) is 5.69 Å². The summed E-state index contributed by atoms with van der Waals surface area (Å²) in [4.78, 5) is 19.7. The molecule has 1 fully saturated rings. The van der Waals surface area contributed by atoms with Gasteiger partial charge >= 0.3 is 5.97 Å². The van der Waals surface area contributed by atoms with Crippen molar-refractivity contribution in [1.82, 2.24) is 4.90 Å². The van der Waals surface area contributed by atoms with Crippen molar-refractivity contribution in [3.8, 4) is 11.1 Å². The molecule has 0 saturated carbocycles. The zero-order chi connectivity index (χ0) is 18.7. The number of aryl methyl sites for hydroxylation is 1. The fraction of sp³-hybridized carbons (Fsp3) is 0.300. The van der Waals surface area contributed by atoms with Gasteiger partial charge in [0.15, 0.2) is 0 Å². The zero-order valence-electron chi connectivity index (χ0n) is 15.1. The average Bonchev–Trinajstić information content (AvgIpc) is 2.63. The van der Waals surface area contributed by atoms with Gasteiger partial charge in [0.05, 0.1) is 0 Å². The third-order valence-corrected chi connectivity index (χ3v) is 4.61. The number of anilines is 1. The Kier molecular flexibility index (Phi) is 5.23. The maximum atomic E-state index is 11.1. The molecule has 1 atom stereocenters. The number of nitrogens with zero attached hydrogens (tertiary/aromatic N) is 3. The van der Waals surface area contributed by atoms with Crippen molar-refractivity contribution in [2.45, 2.75) is 13.1 Å².